The average molecular weight is 393 g/mol. The zero-order valence-corrected chi connectivity index (χ0v) is 17.6. The Kier molecular flexibility index (Phi) is 7.42. The van der Waals surface area contributed by atoms with Gasteiger partial charge < -0.3 is 9.47 Å². The molecule has 27 heavy (non-hydrogen) atoms. The summed E-state index contributed by atoms with van der Waals surface area (Å²) in [6.45, 7) is 16.7. The molecule has 0 aromatic heterocycles. The van der Waals surface area contributed by atoms with Gasteiger partial charge in [-0.15, -0.1) is 0 Å². The highest BCUT2D eigenvalue weighted by molar-refractivity contribution is 7.89. The van der Waals surface area contributed by atoms with Crippen molar-refractivity contribution in [2.45, 2.75) is 44.9 Å². The van der Waals surface area contributed by atoms with E-state index in [0.29, 0.717) is 5.76 Å². The summed E-state index contributed by atoms with van der Waals surface area (Å²) in [6.07, 6.45) is 1.68. The van der Waals surface area contributed by atoms with Crippen molar-refractivity contribution >= 4 is 16.7 Å². The van der Waals surface area contributed by atoms with Crippen LogP contribution in [-0.2, 0) is 24.9 Å². The molecule has 148 valence electrons. The monoisotopic (exact) mass is 392 g/mol. The normalized spacial score (nSPS) is 13.5. The highest BCUT2D eigenvalue weighted by Crippen LogP contribution is 2.24. The van der Waals surface area contributed by atoms with Crippen molar-refractivity contribution in [3.8, 4) is 0 Å². The molecule has 0 aliphatic rings. The number of hydrogen-bond donors (Lipinski definition) is 1. The van der Waals surface area contributed by atoms with Crippen molar-refractivity contribution in [2.24, 2.45) is 4.99 Å². The second kappa shape index (κ2) is 8.90. The number of aliphatic imine (C=N–C) groups is 1. The predicted octanol–water partition coefficient (Wildman–Crippen LogP) is 4.23. The Labute approximate surface area is 162 Å². The third kappa shape index (κ3) is 5.99. The Balaban J connectivity index is 3.10. The number of allylic oxidation sites excluding steroid dienone is 2. The third-order valence-corrected chi connectivity index (χ3v) is 5.14. The summed E-state index contributed by atoms with van der Waals surface area (Å²) in [6, 6.07) is 6.70. The van der Waals surface area contributed by atoms with Crippen molar-refractivity contribution in [2.75, 3.05) is 7.11 Å². The zero-order chi connectivity index (χ0) is 20.8. The fourth-order valence-electron chi connectivity index (χ4n) is 2.21. The first-order valence-electron chi connectivity index (χ1n) is 8.34. The molecule has 0 spiro atoms. The summed E-state index contributed by atoms with van der Waals surface area (Å²) in [5.74, 6) is 0.828. The lowest BCUT2D eigenvalue weighted by Crippen LogP contribution is -2.24. The smallest absolute Gasteiger partial charge is 0.263 e. The molecule has 0 saturated heterocycles. The van der Waals surface area contributed by atoms with Crippen LogP contribution in [-0.4, -0.2) is 22.2 Å². The number of rotatable bonds is 8. The molecule has 0 unspecified atom stereocenters. The number of nitrogens with one attached hydrogen (secondary N) is 1. The van der Waals surface area contributed by atoms with E-state index < -0.39 is 10.0 Å². The Hall–Kier alpha value is -2.54. The van der Waals surface area contributed by atoms with E-state index in [0.717, 1.165) is 5.56 Å². The first kappa shape index (κ1) is 22.5. The van der Waals surface area contributed by atoms with Crippen LogP contribution in [0.4, 0.5) is 0 Å². The van der Waals surface area contributed by atoms with Gasteiger partial charge in [-0.2, -0.15) is 0 Å². The maximum atomic E-state index is 12.7. The van der Waals surface area contributed by atoms with E-state index in [1.807, 2.05) is 0 Å². The Bertz CT molecular complexity index is 858. The number of methoxy groups -OCH3 is 1. The van der Waals surface area contributed by atoms with Crippen LogP contribution in [0.25, 0.3) is 0 Å². The Morgan fingerprint density at radius 3 is 2.19 bits per heavy atom. The van der Waals surface area contributed by atoms with Gasteiger partial charge in [0.15, 0.2) is 17.3 Å². The molecule has 0 aliphatic heterocycles. The molecule has 0 bridgehead atoms. The Morgan fingerprint density at radius 1 is 1.22 bits per heavy atom. The number of nitrogens with zero attached hydrogens (tertiary/aromatic N) is 1. The second-order valence-corrected chi connectivity index (χ2v) is 8.51. The lowest BCUT2D eigenvalue weighted by Gasteiger charge is -2.19. The van der Waals surface area contributed by atoms with Gasteiger partial charge in [0.2, 0.25) is 0 Å². The van der Waals surface area contributed by atoms with Crippen molar-refractivity contribution < 1.29 is 17.9 Å². The molecule has 0 fully saturated rings. The SMILES string of the molecule is C=NC(NS(=O)(=O)c1ccc(C(C)(C)C)cc1)=C(C)OC(=C)C(=CC)OC. The zero-order valence-electron chi connectivity index (χ0n) is 16.8. The molecular weight excluding hydrogens is 364 g/mol. The number of ether oxygens (including phenoxy) is 2. The summed E-state index contributed by atoms with van der Waals surface area (Å²) in [7, 11) is -2.36. The van der Waals surface area contributed by atoms with E-state index in [-0.39, 0.29) is 27.6 Å². The first-order valence-corrected chi connectivity index (χ1v) is 9.83. The summed E-state index contributed by atoms with van der Waals surface area (Å²) >= 11 is 0. The predicted molar refractivity (Wildman–Crippen MR) is 109 cm³/mol. The third-order valence-electron chi connectivity index (χ3n) is 3.79. The van der Waals surface area contributed by atoms with E-state index in [4.69, 9.17) is 9.47 Å². The molecule has 0 aliphatic carbocycles. The number of benzene rings is 1. The molecule has 0 amide bonds. The van der Waals surface area contributed by atoms with Crippen LogP contribution < -0.4 is 4.72 Å². The average Bonchev–Trinajstić information content (AvgIpc) is 2.60. The first-order chi connectivity index (χ1) is 12.5. The number of hydrogen-bond acceptors (Lipinski definition) is 5. The van der Waals surface area contributed by atoms with Gasteiger partial charge in [-0.25, -0.2) is 13.4 Å². The molecule has 7 heteroatoms. The van der Waals surface area contributed by atoms with Crippen LogP contribution in [0.5, 0.6) is 0 Å². The van der Waals surface area contributed by atoms with Gasteiger partial charge in [0.1, 0.15) is 5.76 Å². The van der Waals surface area contributed by atoms with E-state index in [1.54, 1.807) is 44.2 Å². The van der Waals surface area contributed by atoms with Crippen LogP contribution in [0.15, 0.2) is 69.9 Å². The van der Waals surface area contributed by atoms with E-state index in [2.05, 4.69) is 43.8 Å². The summed E-state index contributed by atoms with van der Waals surface area (Å²) in [5.41, 5.74) is 0.966. The molecule has 0 saturated carbocycles. The number of sulfonamides is 1. The molecule has 1 N–H and O–H groups in total. The fourth-order valence-corrected chi connectivity index (χ4v) is 3.29. The highest BCUT2D eigenvalue weighted by Gasteiger charge is 2.20. The summed E-state index contributed by atoms with van der Waals surface area (Å²) in [4.78, 5) is 3.85. The van der Waals surface area contributed by atoms with Crippen molar-refractivity contribution in [3.05, 3.63) is 65.6 Å². The van der Waals surface area contributed by atoms with E-state index in [1.165, 1.54) is 7.11 Å². The molecule has 0 atom stereocenters. The largest absolute Gasteiger partial charge is 0.493 e. The fraction of sp³-hybridized carbons (Fsp3) is 0.350. The van der Waals surface area contributed by atoms with Gasteiger partial charge in [-0.3, -0.25) is 4.72 Å². The van der Waals surface area contributed by atoms with Crippen molar-refractivity contribution in [1.29, 1.82) is 0 Å². The minimum absolute atomic E-state index is 0.0254. The second-order valence-electron chi connectivity index (χ2n) is 6.83. The quantitative estimate of drug-likeness (QED) is 0.408. The van der Waals surface area contributed by atoms with E-state index in [9.17, 15) is 8.42 Å². The molecule has 6 nitrogen and oxygen atoms in total. The lowest BCUT2D eigenvalue weighted by atomic mass is 9.87. The maximum Gasteiger partial charge on any atom is 0.263 e. The van der Waals surface area contributed by atoms with Gasteiger partial charge in [0, 0.05) is 0 Å². The van der Waals surface area contributed by atoms with Crippen LogP contribution in [0.2, 0.25) is 0 Å². The maximum absolute atomic E-state index is 12.7. The molecule has 1 aromatic rings. The van der Waals surface area contributed by atoms with E-state index >= 15 is 0 Å². The standard InChI is InChI=1S/C20H28N2O4S/c1-9-18(25-8)14(2)26-15(3)19(21-7)22-27(23,24)17-12-10-16(11-13-17)20(4,5)6/h9-13,22H,2,7H2,1,3-6,8H3. The van der Waals surface area contributed by atoms with Crippen LogP contribution >= 0.6 is 0 Å². The van der Waals surface area contributed by atoms with Crippen LogP contribution in [0.1, 0.15) is 40.2 Å². The van der Waals surface area contributed by atoms with Gasteiger partial charge in [0.25, 0.3) is 10.0 Å². The molecule has 0 radical (unpaired) electrons. The van der Waals surface area contributed by atoms with Crippen LogP contribution in [0, 0.1) is 0 Å². The molecular formula is C20H28N2O4S. The molecule has 1 rings (SSSR count). The summed E-state index contributed by atoms with van der Waals surface area (Å²) in [5, 5.41) is 0. The van der Waals surface area contributed by atoms with Crippen molar-refractivity contribution in [1.82, 2.24) is 4.72 Å². The minimum atomic E-state index is -3.84. The molecule has 1 aromatic carbocycles. The van der Waals surface area contributed by atoms with Gasteiger partial charge in [-0.1, -0.05) is 39.5 Å². The highest BCUT2D eigenvalue weighted by atomic mass is 32.2. The van der Waals surface area contributed by atoms with Gasteiger partial charge in [0.05, 0.1) is 12.0 Å². The lowest BCUT2D eigenvalue weighted by molar-refractivity contribution is 0.226. The minimum Gasteiger partial charge on any atom is -0.493 e. The van der Waals surface area contributed by atoms with Crippen molar-refractivity contribution in [3.63, 3.8) is 0 Å². The molecule has 0 heterocycles. The topological polar surface area (TPSA) is 77.0 Å². The van der Waals surface area contributed by atoms with Crippen LogP contribution in [0.3, 0.4) is 0 Å². The van der Waals surface area contributed by atoms with Gasteiger partial charge in [-0.05, 0) is 49.8 Å². The Morgan fingerprint density at radius 2 is 1.78 bits per heavy atom. The summed E-state index contributed by atoms with van der Waals surface area (Å²) < 4.78 is 38.3. The van der Waals surface area contributed by atoms with Gasteiger partial charge >= 0.3 is 0 Å².